The lowest BCUT2D eigenvalue weighted by molar-refractivity contribution is -0.154. The van der Waals surface area contributed by atoms with E-state index in [0.29, 0.717) is 44.7 Å². The zero-order chi connectivity index (χ0) is 24.9. The largest absolute Gasteiger partial charge is 0.397 e. The fraction of sp³-hybridized carbons (Fsp3) is 0.571. The number of carbonyl (C=O) groups excluding carboxylic acids is 1. The third-order valence-corrected chi connectivity index (χ3v) is 6.89. The Morgan fingerprint density at radius 3 is 2.65 bits per heavy atom. The number of hydrogen-bond donors (Lipinski definition) is 2. The summed E-state index contributed by atoms with van der Waals surface area (Å²) in [5.41, 5.74) is 1.92. The van der Waals surface area contributed by atoms with E-state index in [0.717, 1.165) is 11.4 Å². The van der Waals surface area contributed by atoms with Crippen LogP contribution in [0.5, 0.6) is 0 Å². The maximum absolute atomic E-state index is 12.6. The third-order valence-electron chi connectivity index (χ3n) is 5.44. The van der Waals surface area contributed by atoms with Crippen LogP contribution in [0.15, 0.2) is 29.3 Å². The molecule has 0 radical (unpaired) electrons. The molecule has 2 aromatic heterocycles. The highest BCUT2D eigenvalue weighted by Crippen LogP contribution is 2.22. The van der Waals surface area contributed by atoms with E-state index in [4.69, 9.17) is 0 Å². The first-order valence-electron chi connectivity index (χ1n) is 11.0. The van der Waals surface area contributed by atoms with Gasteiger partial charge in [-0.25, -0.2) is 18.1 Å². The van der Waals surface area contributed by atoms with Crippen molar-refractivity contribution in [3.8, 4) is 0 Å². The summed E-state index contributed by atoms with van der Waals surface area (Å²) in [6.07, 6.45) is -3.01. The molecule has 9 nitrogen and oxygen atoms in total. The molecule has 3 rings (SSSR count). The Labute approximate surface area is 196 Å². The van der Waals surface area contributed by atoms with E-state index in [1.54, 1.807) is 6.07 Å². The van der Waals surface area contributed by atoms with Gasteiger partial charge in [-0.2, -0.15) is 18.3 Å². The predicted molar refractivity (Wildman–Crippen MR) is 120 cm³/mol. The van der Waals surface area contributed by atoms with E-state index < -0.39 is 34.6 Å². The van der Waals surface area contributed by atoms with Gasteiger partial charge in [-0.3, -0.25) is 9.48 Å². The molecule has 0 aromatic carbocycles. The minimum Gasteiger partial charge on any atom is -0.355 e. The van der Waals surface area contributed by atoms with Crippen molar-refractivity contribution in [2.75, 3.05) is 24.5 Å². The number of amides is 1. The van der Waals surface area contributed by atoms with Crippen LogP contribution < -0.4 is 14.9 Å². The highest BCUT2D eigenvalue weighted by atomic mass is 32.2. The first kappa shape index (κ1) is 25.9. The zero-order valence-electron chi connectivity index (χ0n) is 19.1. The highest BCUT2D eigenvalue weighted by molar-refractivity contribution is 7.89. The van der Waals surface area contributed by atoms with Crippen molar-refractivity contribution >= 4 is 21.7 Å². The van der Waals surface area contributed by atoms with Gasteiger partial charge >= 0.3 is 6.18 Å². The van der Waals surface area contributed by atoms with Gasteiger partial charge in [0, 0.05) is 44.1 Å². The number of rotatable bonds is 9. The van der Waals surface area contributed by atoms with Crippen molar-refractivity contribution in [3.05, 3.63) is 35.8 Å². The van der Waals surface area contributed by atoms with Gasteiger partial charge in [-0.1, -0.05) is 0 Å². The molecule has 1 fully saturated rings. The van der Waals surface area contributed by atoms with Crippen LogP contribution in [-0.2, 0) is 21.4 Å². The molecular formula is C21H29F3N6O3S. The maximum Gasteiger partial charge on any atom is 0.397 e. The summed E-state index contributed by atoms with van der Waals surface area (Å²) < 4.78 is 66.7. The minimum absolute atomic E-state index is 0.0226. The van der Waals surface area contributed by atoms with Crippen LogP contribution in [0.25, 0.3) is 0 Å². The van der Waals surface area contributed by atoms with Crippen LogP contribution in [0, 0.1) is 13.8 Å². The molecule has 2 N–H and O–H groups in total. The van der Waals surface area contributed by atoms with Gasteiger partial charge in [0.25, 0.3) is 0 Å². The second-order valence-corrected chi connectivity index (χ2v) is 10.2. The van der Waals surface area contributed by atoms with E-state index in [1.165, 1.54) is 12.3 Å². The van der Waals surface area contributed by atoms with Gasteiger partial charge in [-0.05, 0) is 51.3 Å². The Morgan fingerprint density at radius 1 is 1.26 bits per heavy atom. The molecule has 0 spiro atoms. The van der Waals surface area contributed by atoms with E-state index in [-0.39, 0.29) is 11.4 Å². The van der Waals surface area contributed by atoms with Gasteiger partial charge in [0.05, 0.1) is 5.69 Å². The molecule has 1 saturated heterocycles. The van der Waals surface area contributed by atoms with Crippen LogP contribution in [0.3, 0.4) is 0 Å². The average Bonchev–Trinajstić information content (AvgIpc) is 3.07. The number of piperidine rings is 1. The second kappa shape index (κ2) is 10.7. The van der Waals surface area contributed by atoms with Crippen molar-refractivity contribution in [2.24, 2.45) is 0 Å². The quantitative estimate of drug-likeness (QED) is 0.510. The van der Waals surface area contributed by atoms with Gasteiger partial charge < -0.3 is 10.2 Å². The Morgan fingerprint density at radius 2 is 2.03 bits per heavy atom. The van der Waals surface area contributed by atoms with Crippen molar-refractivity contribution in [2.45, 2.75) is 63.2 Å². The van der Waals surface area contributed by atoms with Crippen LogP contribution in [0.2, 0.25) is 0 Å². The highest BCUT2D eigenvalue weighted by Gasteiger charge is 2.32. The minimum atomic E-state index is -4.55. The van der Waals surface area contributed by atoms with Crippen LogP contribution >= 0.6 is 0 Å². The van der Waals surface area contributed by atoms with Gasteiger partial charge in [0.15, 0.2) is 0 Å². The van der Waals surface area contributed by atoms with Crippen LogP contribution in [0.4, 0.5) is 19.0 Å². The number of nitrogens with one attached hydrogen (secondary N) is 2. The number of nitrogens with zero attached hydrogens (tertiary/aromatic N) is 4. The molecular weight excluding hydrogens is 473 g/mol. The number of pyridine rings is 1. The monoisotopic (exact) mass is 502 g/mol. The number of anilines is 1. The number of carbonyl (C=O) groups is 1. The summed E-state index contributed by atoms with van der Waals surface area (Å²) in [6.45, 7) is 5.58. The summed E-state index contributed by atoms with van der Waals surface area (Å²) >= 11 is 0. The van der Waals surface area contributed by atoms with Crippen molar-refractivity contribution in [1.82, 2.24) is 24.8 Å². The molecule has 0 aliphatic carbocycles. The first-order chi connectivity index (χ1) is 15.9. The zero-order valence-corrected chi connectivity index (χ0v) is 19.9. The van der Waals surface area contributed by atoms with Crippen molar-refractivity contribution in [3.63, 3.8) is 0 Å². The Bertz CT molecular complexity index is 1090. The molecule has 188 valence electrons. The van der Waals surface area contributed by atoms with E-state index in [2.05, 4.69) is 20.1 Å². The number of alkyl halides is 3. The molecule has 1 atom stereocenters. The van der Waals surface area contributed by atoms with Crippen LogP contribution in [0.1, 0.15) is 37.1 Å². The van der Waals surface area contributed by atoms with Gasteiger partial charge in [-0.15, -0.1) is 0 Å². The fourth-order valence-electron chi connectivity index (χ4n) is 3.90. The average molecular weight is 503 g/mol. The summed E-state index contributed by atoms with van der Waals surface area (Å²) in [5.74, 6) is -0.559. The summed E-state index contributed by atoms with van der Waals surface area (Å²) in [5, 5.41) is 6.76. The lowest BCUT2D eigenvalue weighted by Crippen LogP contribution is -2.48. The summed E-state index contributed by atoms with van der Waals surface area (Å²) in [4.78, 5) is 17.7. The van der Waals surface area contributed by atoms with E-state index in [1.807, 2.05) is 29.5 Å². The number of sulfonamides is 1. The molecule has 1 aliphatic heterocycles. The topological polar surface area (TPSA) is 109 Å². The molecule has 0 bridgehead atoms. The van der Waals surface area contributed by atoms with Crippen molar-refractivity contribution < 1.29 is 26.4 Å². The summed E-state index contributed by atoms with van der Waals surface area (Å²) in [7, 11) is -3.74. The van der Waals surface area contributed by atoms with Gasteiger partial charge in [0.1, 0.15) is 17.1 Å². The molecule has 3 heterocycles. The summed E-state index contributed by atoms with van der Waals surface area (Å²) in [6, 6.07) is 4.53. The molecule has 1 amide bonds. The standard InChI is InChI=1S/C21H29F3N6O3S/c1-15-11-16(2)30(28-15)10-4-8-26-34(32,33)18-6-7-19(25-13-18)29-9-3-5-17(14-29)27-20(31)12-21(22,23)24/h6-7,11,13,17,26H,3-5,8-10,12,14H2,1-2H3,(H,27,31)/t17-/m0/s1. The van der Waals surface area contributed by atoms with E-state index >= 15 is 0 Å². The Kier molecular flexibility index (Phi) is 8.18. The smallest absolute Gasteiger partial charge is 0.355 e. The maximum atomic E-state index is 12.6. The normalized spacial score (nSPS) is 17.1. The molecule has 1 aliphatic rings. The molecule has 13 heteroatoms. The number of halogens is 3. The van der Waals surface area contributed by atoms with Crippen LogP contribution in [-0.4, -0.2) is 60.9 Å². The lowest BCUT2D eigenvalue weighted by atomic mass is 10.1. The number of aryl methyl sites for hydroxylation is 3. The fourth-order valence-corrected chi connectivity index (χ4v) is 4.92. The Hall–Kier alpha value is -2.67. The number of aromatic nitrogens is 3. The van der Waals surface area contributed by atoms with E-state index in [9.17, 15) is 26.4 Å². The molecule has 34 heavy (non-hydrogen) atoms. The van der Waals surface area contributed by atoms with Gasteiger partial charge in [0.2, 0.25) is 15.9 Å². The number of hydrogen-bond acceptors (Lipinski definition) is 6. The second-order valence-electron chi connectivity index (χ2n) is 8.40. The third kappa shape index (κ3) is 7.42. The molecule has 0 saturated carbocycles. The predicted octanol–water partition coefficient (Wildman–Crippen LogP) is 2.30. The Balaban J connectivity index is 1.51. The van der Waals surface area contributed by atoms with Crippen molar-refractivity contribution in [1.29, 1.82) is 0 Å². The SMILES string of the molecule is Cc1cc(C)n(CCCNS(=O)(=O)c2ccc(N3CCC[C@H](NC(=O)CC(F)(F)F)C3)nc2)n1. The lowest BCUT2D eigenvalue weighted by Gasteiger charge is -2.34. The first-order valence-corrected chi connectivity index (χ1v) is 12.5. The molecule has 2 aromatic rings. The molecule has 0 unspecified atom stereocenters.